The van der Waals surface area contributed by atoms with Crippen molar-refractivity contribution in [3.05, 3.63) is 29.3 Å². The summed E-state index contributed by atoms with van der Waals surface area (Å²) in [6.07, 6.45) is 0. The fourth-order valence-corrected chi connectivity index (χ4v) is 1.57. The first kappa shape index (κ1) is 10.8. The van der Waals surface area contributed by atoms with Crippen LogP contribution < -0.4 is 0 Å². The molecule has 0 aromatic heterocycles. The van der Waals surface area contributed by atoms with Crippen LogP contribution in [0.4, 0.5) is 5.69 Å². The van der Waals surface area contributed by atoms with Crippen LogP contribution in [0.1, 0.15) is 11.1 Å². The number of aliphatic imine (C=N–C) groups is 1. The average Bonchev–Trinajstić information content (AvgIpc) is 2.67. The lowest BCUT2D eigenvalue weighted by atomic mass is 10.1. The zero-order chi connectivity index (χ0) is 11.5. The monoisotopic (exact) mass is 216 g/mol. The lowest BCUT2D eigenvalue weighted by molar-refractivity contribution is 0.549. The molecule has 0 spiro atoms. The summed E-state index contributed by atoms with van der Waals surface area (Å²) in [7, 11) is 1.98. The van der Waals surface area contributed by atoms with E-state index in [1.54, 1.807) is 0 Å². The number of hydrogen-bond donors (Lipinski definition) is 0. The second kappa shape index (κ2) is 4.43. The maximum absolute atomic E-state index is 4.27. The Morgan fingerprint density at radius 2 is 2.06 bits per heavy atom. The minimum Gasteiger partial charge on any atom is -0.341 e. The quantitative estimate of drug-likeness (QED) is 0.665. The van der Waals surface area contributed by atoms with Gasteiger partial charge < -0.3 is 4.90 Å². The van der Waals surface area contributed by atoms with Crippen molar-refractivity contribution in [3.63, 3.8) is 0 Å². The average molecular weight is 216 g/mol. The van der Waals surface area contributed by atoms with E-state index in [0.29, 0.717) is 0 Å². The molecule has 16 heavy (non-hydrogen) atoms. The highest BCUT2D eigenvalue weighted by Gasteiger charge is 2.11. The fraction of sp³-hybridized carbons (Fsp3) is 0.417. The van der Waals surface area contributed by atoms with Gasteiger partial charge in [-0.05, 0) is 31.0 Å². The topological polar surface area (TPSA) is 40.3 Å². The first-order chi connectivity index (χ1) is 7.68. The zero-order valence-corrected chi connectivity index (χ0v) is 9.94. The SMILES string of the molecule is Cc1cccc(N=NC2=NCCN2C)c1C. The first-order valence-corrected chi connectivity index (χ1v) is 5.42. The maximum Gasteiger partial charge on any atom is 0.240 e. The smallest absolute Gasteiger partial charge is 0.240 e. The second-order valence-corrected chi connectivity index (χ2v) is 4.02. The van der Waals surface area contributed by atoms with Crippen LogP contribution in [0.15, 0.2) is 33.4 Å². The predicted molar refractivity (Wildman–Crippen MR) is 65.4 cm³/mol. The van der Waals surface area contributed by atoms with Gasteiger partial charge in [0, 0.05) is 13.6 Å². The molecule has 0 atom stereocenters. The van der Waals surface area contributed by atoms with Gasteiger partial charge in [-0.2, -0.15) is 0 Å². The molecule has 0 unspecified atom stereocenters. The molecule has 4 nitrogen and oxygen atoms in total. The van der Waals surface area contributed by atoms with Gasteiger partial charge in [-0.1, -0.05) is 12.1 Å². The Morgan fingerprint density at radius 3 is 2.75 bits per heavy atom. The molecule has 0 N–H and O–H groups in total. The van der Waals surface area contributed by atoms with Crippen molar-refractivity contribution < 1.29 is 0 Å². The van der Waals surface area contributed by atoms with Gasteiger partial charge in [0.05, 0.1) is 12.2 Å². The third kappa shape index (κ3) is 2.10. The van der Waals surface area contributed by atoms with Crippen LogP contribution in [0.5, 0.6) is 0 Å². The summed E-state index contributed by atoms with van der Waals surface area (Å²) in [5.74, 6) is 0.723. The van der Waals surface area contributed by atoms with Crippen molar-refractivity contribution in [2.45, 2.75) is 13.8 Å². The van der Waals surface area contributed by atoms with Crippen molar-refractivity contribution in [1.82, 2.24) is 4.90 Å². The van der Waals surface area contributed by atoms with Crippen LogP contribution in [0.3, 0.4) is 0 Å². The standard InChI is InChI=1S/C12H16N4/c1-9-5-4-6-11(10(9)2)14-15-12-13-7-8-16(12)3/h4-6H,7-8H2,1-3H3. The van der Waals surface area contributed by atoms with Crippen LogP contribution in [-0.4, -0.2) is 31.0 Å². The van der Waals surface area contributed by atoms with E-state index >= 15 is 0 Å². The van der Waals surface area contributed by atoms with Gasteiger partial charge in [0.15, 0.2) is 0 Å². The van der Waals surface area contributed by atoms with Crippen LogP contribution in [-0.2, 0) is 0 Å². The molecule has 2 rings (SSSR count). The molecule has 0 saturated heterocycles. The van der Waals surface area contributed by atoms with Crippen molar-refractivity contribution in [1.29, 1.82) is 0 Å². The largest absolute Gasteiger partial charge is 0.341 e. The Bertz CT molecular complexity index is 448. The van der Waals surface area contributed by atoms with Gasteiger partial charge in [-0.3, -0.25) is 0 Å². The molecule has 0 aliphatic carbocycles. The Kier molecular flexibility index (Phi) is 2.99. The van der Waals surface area contributed by atoms with Crippen LogP contribution in [0.25, 0.3) is 0 Å². The van der Waals surface area contributed by atoms with Crippen molar-refractivity contribution in [2.75, 3.05) is 20.1 Å². The molecule has 0 radical (unpaired) electrons. The summed E-state index contributed by atoms with van der Waals surface area (Å²) in [4.78, 5) is 6.27. The number of likely N-dealkylation sites (N-methyl/N-ethyl adjacent to an activating group) is 1. The number of azo groups is 1. The molecule has 0 fully saturated rings. The number of nitrogens with zero attached hydrogens (tertiary/aromatic N) is 4. The molecule has 1 heterocycles. The highest BCUT2D eigenvalue weighted by atomic mass is 15.3. The van der Waals surface area contributed by atoms with E-state index in [4.69, 9.17) is 0 Å². The number of aryl methyl sites for hydroxylation is 1. The van der Waals surface area contributed by atoms with Crippen LogP contribution in [0.2, 0.25) is 0 Å². The Morgan fingerprint density at radius 1 is 1.25 bits per heavy atom. The van der Waals surface area contributed by atoms with Gasteiger partial charge >= 0.3 is 0 Å². The van der Waals surface area contributed by atoms with E-state index in [0.717, 1.165) is 24.7 Å². The summed E-state index contributed by atoms with van der Waals surface area (Å²) < 4.78 is 0. The molecule has 1 aromatic rings. The van der Waals surface area contributed by atoms with Gasteiger partial charge in [0.25, 0.3) is 0 Å². The van der Waals surface area contributed by atoms with Gasteiger partial charge in [0.2, 0.25) is 5.96 Å². The minimum atomic E-state index is 0.723. The van der Waals surface area contributed by atoms with E-state index in [1.807, 2.05) is 24.1 Å². The predicted octanol–water partition coefficient (Wildman–Crippen LogP) is 2.69. The Hall–Kier alpha value is -1.71. The van der Waals surface area contributed by atoms with E-state index < -0.39 is 0 Å². The van der Waals surface area contributed by atoms with Crippen molar-refractivity contribution in [3.8, 4) is 0 Å². The van der Waals surface area contributed by atoms with Gasteiger partial charge in [-0.25, -0.2) is 4.99 Å². The maximum atomic E-state index is 4.27. The van der Waals surface area contributed by atoms with E-state index in [2.05, 4.69) is 35.1 Å². The third-order valence-electron chi connectivity index (χ3n) is 2.85. The van der Waals surface area contributed by atoms with Crippen LogP contribution >= 0.6 is 0 Å². The molecular formula is C12H16N4. The summed E-state index contributed by atoms with van der Waals surface area (Å²) in [5, 5.41) is 8.43. The van der Waals surface area contributed by atoms with Gasteiger partial charge in [-0.15, -0.1) is 10.2 Å². The highest BCUT2D eigenvalue weighted by Crippen LogP contribution is 2.21. The number of rotatable bonds is 1. The Labute approximate surface area is 95.7 Å². The molecule has 1 aromatic carbocycles. The summed E-state index contributed by atoms with van der Waals surface area (Å²) in [5.41, 5.74) is 3.33. The van der Waals surface area contributed by atoms with E-state index in [9.17, 15) is 0 Å². The van der Waals surface area contributed by atoms with Crippen molar-refractivity contribution in [2.24, 2.45) is 15.2 Å². The van der Waals surface area contributed by atoms with Crippen LogP contribution in [0, 0.1) is 13.8 Å². The summed E-state index contributed by atoms with van der Waals surface area (Å²) in [6, 6.07) is 6.05. The summed E-state index contributed by atoms with van der Waals surface area (Å²) >= 11 is 0. The molecule has 1 aliphatic heterocycles. The van der Waals surface area contributed by atoms with Gasteiger partial charge in [0.1, 0.15) is 0 Å². The second-order valence-electron chi connectivity index (χ2n) is 4.02. The lowest BCUT2D eigenvalue weighted by Gasteiger charge is -2.08. The van der Waals surface area contributed by atoms with Crippen molar-refractivity contribution >= 4 is 11.6 Å². The first-order valence-electron chi connectivity index (χ1n) is 5.42. The Balaban J connectivity index is 2.21. The third-order valence-corrected chi connectivity index (χ3v) is 2.85. The fourth-order valence-electron chi connectivity index (χ4n) is 1.57. The van der Waals surface area contributed by atoms with E-state index in [1.165, 1.54) is 11.1 Å². The molecule has 0 bridgehead atoms. The molecule has 1 aliphatic rings. The summed E-state index contributed by atoms with van der Waals surface area (Å²) in [6.45, 7) is 5.89. The molecule has 84 valence electrons. The molecular weight excluding hydrogens is 200 g/mol. The molecule has 0 saturated carbocycles. The van der Waals surface area contributed by atoms with E-state index in [-0.39, 0.29) is 0 Å². The number of benzene rings is 1. The minimum absolute atomic E-state index is 0.723. The lowest BCUT2D eigenvalue weighted by Crippen LogP contribution is -2.20. The normalized spacial score (nSPS) is 15.9. The molecule has 4 heteroatoms. The molecule has 0 amide bonds. The number of hydrogen-bond acceptors (Lipinski definition) is 4. The highest BCUT2D eigenvalue weighted by molar-refractivity contribution is 5.81. The number of guanidine groups is 1. The zero-order valence-electron chi connectivity index (χ0n) is 9.94.